The number of fused-ring (bicyclic) bond motifs is 1. The van der Waals surface area contributed by atoms with Gasteiger partial charge in [0.25, 0.3) is 0 Å². The number of H-pyrrole nitrogens is 2. The van der Waals surface area contributed by atoms with Crippen molar-refractivity contribution in [3.8, 4) is 28.3 Å². The van der Waals surface area contributed by atoms with Gasteiger partial charge in [0, 0.05) is 23.1 Å². The molecule has 2 aromatic heterocycles. The van der Waals surface area contributed by atoms with Crippen molar-refractivity contribution in [2.45, 2.75) is 20.4 Å². The second-order valence-electron chi connectivity index (χ2n) is 8.86. The third-order valence-corrected chi connectivity index (χ3v) is 5.66. The van der Waals surface area contributed by atoms with E-state index in [1.54, 1.807) is 0 Å². The second kappa shape index (κ2) is 9.85. The Hall–Kier alpha value is -4.39. The number of rotatable bonds is 8. The van der Waals surface area contributed by atoms with Crippen LogP contribution in [0.25, 0.3) is 33.4 Å². The molecule has 5 rings (SSSR count). The minimum atomic E-state index is -0.411. The van der Waals surface area contributed by atoms with E-state index in [1.807, 2.05) is 66.7 Å². The van der Waals surface area contributed by atoms with E-state index in [1.165, 1.54) is 5.56 Å². The van der Waals surface area contributed by atoms with E-state index in [-0.39, 0.29) is 0 Å². The highest BCUT2D eigenvalue weighted by molar-refractivity contribution is 5.93. The molecule has 0 atom stereocenters. The van der Waals surface area contributed by atoms with Gasteiger partial charge in [0.2, 0.25) is 0 Å². The van der Waals surface area contributed by atoms with Crippen molar-refractivity contribution in [2.24, 2.45) is 5.92 Å². The molecule has 5 aromatic rings. The zero-order valence-corrected chi connectivity index (χ0v) is 19.7. The largest absolute Gasteiger partial charge is 0.493 e. The lowest BCUT2D eigenvalue weighted by Crippen LogP contribution is -2.12. The Labute approximate surface area is 203 Å². The van der Waals surface area contributed by atoms with Crippen LogP contribution >= 0.6 is 0 Å². The van der Waals surface area contributed by atoms with Crippen LogP contribution in [0.5, 0.6) is 5.75 Å². The lowest BCUT2D eigenvalue weighted by molar-refractivity contribution is 0.272. The number of nitrogens with one attached hydrogen (secondary N) is 3. The van der Waals surface area contributed by atoms with Crippen LogP contribution in [0.2, 0.25) is 0 Å². The predicted molar refractivity (Wildman–Crippen MR) is 139 cm³/mol. The number of aromatic nitrogens is 4. The van der Waals surface area contributed by atoms with Gasteiger partial charge in [-0.2, -0.15) is 10.1 Å². The molecule has 0 bridgehead atoms. The summed E-state index contributed by atoms with van der Waals surface area (Å²) in [6.45, 7) is 5.45. The number of benzene rings is 3. The maximum atomic E-state index is 12.5. The third kappa shape index (κ3) is 5.09. The fourth-order valence-corrected chi connectivity index (χ4v) is 3.91. The van der Waals surface area contributed by atoms with Gasteiger partial charge < -0.3 is 15.0 Å². The Morgan fingerprint density at radius 2 is 1.77 bits per heavy atom. The van der Waals surface area contributed by atoms with Crippen LogP contribution in [0.3, 0.4) is 0 Å². The normalized spacial score (nSPS) is 11.2. The highest BCUT2D eigenvalue weighted by Gasteiger charge is 2.13. The van der Waals surface area contributed by atoms with Gasteiger partial charge in [-0.15, -0.1) is 0 Å². The molecule has 2 heterocycles. The molecule has 176 valence electrons. The standard InChI is InChI=1S/C28H27N5O2/c1-18(2)17-35-26-11-7-6-10-21(26)25-15-24(30-28(34)31-25)20-12-13-23-22(14-20)27(33-32-23)29-16-19-8-4-3-5-9-19/h3-15,18H,16-17H2,1-2H3,(H2,29,32,33)(H,30,31,34). The van der Waals surface area contributed by atoms with Gasteiger partial charge in [0.1, 0.15) is 5.75 Å². The molecular formula is C28H27N5O2. The van der Waals surface area contributed by atoms with Crippen LogP contribution < -0.4 is 15.7 Å². The number of anilines is 1. The van der Waals surface area contributed by atoms with Gasteiger partial charge in [0.15, 0.2) is 5.82 Å². The van der Waals surface area contributed by atoms with Gasteiger partial charge in [-0.05, 0) is 41.8 Å². The van der Waals surface area contributed by atoms with E-state index in [0.29, 0.717) is 30.5 Å². The van der Waals surface area contributed by atoms with Crippen LogP contribution in [0.4, 0.5) is 5.82 Å². The first kappa shape index (κ1) is 22.4. The highest BCUT2D eigenvalue weighted by Crippen LogP contribution is 2.31. The zero-order chi connectivity index (χ0) is 24.2. The quantitative estimate of drug-likeness (QED) is 0.276. The summed E-state index contributed by atoms with van der Waals surface area (Å²) in [4.78, 5) is 19.6. The Morgan fingerprint density at radius 1 is 0.971 bits per heavy atom. The Kier molecular flexibility index (Phi) is 6.30. The van der Waals surface area contributed by atoms with Crippen molar-refractivity contribution in [2.75, 3.05) is 11.9 Å². The third-order valence-electron chi connectivity index (χ3n) is 5.66. The van der Waals surface area contributed by atoms with E-state index in [0.717, 1.165) is 33.6 Å². The number of nitrogens with zero attached hydrogens (tertiary/aromatic N) is 2. The lowest BCUT2D eigenvalue weighted by atomic mass is 10.1. The van der Waals surface area contributed by atoms with Crippen molar-refractivity contribution < 1.29 is 4.74 Å². The molecule has 3 aromatic carbocycles. The van der Waals surface area contributed by atoms with Crippen LogP contribution in [0.1, 0.15) is 19.4 Å². The molecule has 0 fully saturated rings. The molecule has 3 N–H and O–H groups in total. The highest BCUT2D eigenvalue weighted by atomic mass is 16.5. The van der Waals surface area contributed by atoms with Crippen molar-refractivity contribution >= 4 is 16.7 Å². The van der Waals surface area contributed by atoms with E-state index in [4.69, 9.17) is 4.74 Å². The van der Waals surface area contributed by atoms with Crippen LogP contribution in [-0.2, 0) is 6.54 Å². The fourth-order valence-electron chi connectivity index (χ4n) is 3.91. The van der Waals surface area contributed by atoms with E-state index in [9.17, 15) is 4.79 Å². The molecule has 7 heteroatoms. The minimum absolute atomic E-state index is 0.390. The van der Waals surface area contributed by atoms with Crippen LogP contribution in [-0.4, -0.2) is 26.8 Å². The summed E-state index contributed by atoms with van der Waals surface area (Å²) in [5.41, 5.74) is 4.55. The summed E-state index contributed by atoms with van der Waals surface area (Å²) >= 11 is 0. The fraction of sp³-hybridized carbons (Fsp3) is 0.179. The molecule has 35 heavy (non-hydrogen) atoms. The topological polar surface area (TPSA) is 95.7 Å². The van der Waals surface area contributed by atoms with Crippen LogP contribution in [0, 0.1) is 5.92 Å². The molecule has 0 spiro atoms. The summed E-state index contributed by atoms with van der Waals surface area (Å²) in [7, 11) is 0. The number of para-hydroxylation sites is 1. The Morgan fingerprint density at radius 3 is 2.60 bits per heavy atom. The van der Waals surface area contributed by atoms with Gasteiger partial charge in [-0.3, -0.25) is 5.10 Å². The van der Waals surface area contributed by atoms with E-state index < -0.39 is 5.69 Å². The van der Waals surface area contributed by atoms with Crippen molar-refractivity contribution in [3.63, 3.8) is 0 Å². The molecular weight excluding hydrogens is 438 g/mol. The maximum Gasteiger partial charge on any atom is 0.345 e. The molecule has 7 nitrogen and oxygen atoms in total. The molecule has 0 unspecified atom stereocenters. The predicted octanol–water partition coefficient (Wildman–Crippen LogP) is 5.63. The number of ether oxygens (including phenoxy) is 1. The molecule has 0 aliphatic rings. The molecule has 0 aliphatic carbocycles. The minimum Gasteiger partial charge on any atom is -0.493 e. The summed E-state index contributed by atoms with van der Waals surface area (Å²) in [5, 5.41) is 11.8. The van der Waals surface area contributed by atoms with Crippen LogP contribution in [0.15, 0.2) is 83.7 Å². The molecule has 0 saturated heterocycles. The number of hydrogen-bond donors (Lipinski definition) is 3. The smallest absolute Gasteiger partial charge is 0.345 e. The first-order chi connectivity index (χ1) is 17.1. The Balaban J connectivity index is 1.48. The second-order valence-corrected chi connectivity index (χ2v) is 8.86. The number of aromatic amines is 2. The van der Waals surface area contributed by atoms with E-state index in [2.05, 4.69) is 51.5 Å². The first-order valence-corrected chi connectivity index (χ1v) is 11.7. The summed E-state index contributed by atoms with van der Waals surface area (Å²) in [6, 6.07) is 25.6. The van der Waals surface area contributed by atoms with Crippen molar-refractivity contribution in [1.82, 2.24) is 20.2 Å². The summed E-state index contributed by atoms with van der Waals surface area (Å²) in [5.74, 6) is 1.87. The van der Waals surface area contributed by atoms with Gasteiger partial charge >= 0.3 is 5.69 Å². The molecule has 0 aliphatic heterocycles. The SMILES string of the molecule is CC(C)COc1ccccc1-c1cc(-c2ccc3[nH]nc(NCc4ccccc4)c3c2)nc(=O)[nH]1. The molecule has 0 amide bonds. The average molecular weight is 466 g/mol. The van der Waals surface area contributed by atoms with Crippen molar-refractivity contribution in [1.29, 1.82) is 0 Å². The number of hydrogen-bond acceptors (Lipinski definition) is 5. The van der Waals surface area contributed by atoms with Crippen molar-refractivity contribution in [3.05, 3.63) is 94.9 Å². The maximum absolute atomic E-state index is 12.5. The molecule has 0 radical (unpaired) electrons. The summed E-state index contributed by atoms with van der Waals surface area (Å²) in [6.07, 6.45) is 0. The molecule has 0 saturated carbocycles. The van der Waals surface area contributed by atoms with Gasteiger partial charge in [-0.25, -0.2) is 4.79 Å². The van der Waals surface area contributed by atoms with E-state index >= 15 is 0 Å². The van der Waals surface area contributed by atoms with Gasteiger partial charge in [0.05, 0.1) is 23.5 Å². The monoisotopic (exact) mass is 465 g/mol. The zero-order valence-electron chi connectivity index (χ0n) is 19.7. The lowest BCUT2D eigenvalue weighted by Gasteiger charge is -2.13. The first-order valence-electron chi connectivity index (χ1n) is 11.7. The Bertz CT molecular complexity index is 1510. The van der Waals surface area contributed by atoms with Gasteiger partial charge in [-0.1, -0.05) is 62.4 Å². The summed E-state index contributed by atoms with van der Waals surface area (Å²) < 4.78 is 6.00. The average Bonchev–Trinajstić information content (AvgIpc) is 3.29.